The van der Waals surface area contributed by atoms with Crippen molar-refractivity contribution in [3.05, 3.63) is 72.3 Å². The third kappa shape index (κ3) is 4.78. The Kier molecular flexibility index (Phi) is 5.94. The average molecular weight is 403 g/mol. The molecule has 4 rings (SSSR count). The van der Waals surface area contributed by atoms with Crippen molar-refractivity contribution < 1.29 is 23.8 Å². The van der Waals surface area contributed by atoms with Crippen LogP contribution in [0.4, 0.5) is 5.69 Å². The highest BCUT2D eigenvalue weighted by molar-refractivity contribution is 6.03. The molecule has 0 spiro atoms. The Morgan fingerprint density at radius 2 is 1.77 bits per heavy atom. The Hall–Kier alpha value is -3.80. The van der Waals surface area contributed by atoms with E-state index in [1.807, 2.05) is 54.6 Å². The first kappa shape index (κ1) is 19.5. The van der Waals surface area contributed by atoms with E-state index < -0.39 is 11.9 Å². The summed E-state index contributed by atoms with van der Waals surface area (Å²) in [6.07, 6.45) is 3.72. The normalized spacial score (nSPS) is 13.1. The molecule has 0 unspecified atom stereocenters. The van der Waals surface area contributed by atoms with Crippen LogP contribution in [0.1, 0.15) is 12.0 Å². The van der Waals surface area contributed by atoms with Gasteiger partial charge in [-0.1, -0.05) is 42.5 Å². The number of anilines is 1. The van der Waals surface area contributed by atoms with Crippen molar-refractivity contribution in [1.82, 2.24) is 0 Å². The highest BCUT2D eigenvalue weighted by Crippen LogP contribution is 2.30. The topological polar surface area (TPSA) is 73.9 Å². The number of rotatable bonds is 5. The number of esters is 1. The molecule has 0 fully saturated rings. The van der Waals surface area contributed by atoms with Crippen molar-refractivity contribution in [3.8, 4) is 11.5 Å². The SMILES string of the molecule is O=C(COC(=O)/C=C/c1ccc2c(c1)OCCCO2)Nc1cccc2ccccc12. The smallest absolute Gasteiger partial charge is 0.331 e. The molecule has 0 radical (unpaired) electrons. The number of fused-ring (bicyclic) bond motifs is 2. The van der Waals surface area contributed by atoms with Gasteiger partial charge < -0.3 is 19.5 Å². The number of hydrogen-bond acceptors (Lipinski definition) is 5. The zero-order valence-electron chi connectivity index (χ0n) is 16.3. The van der Waals surface area contributed by atoms with Crippen LogP contribution in [0.5, 0.6) is 11.5 Å². The maximum atomic E-state index is 12.2. The van der Waals surface area contributed by atoms with Crippen molar-refractivity contribution in [2.45, 2.75) is 6.42 Å². The largest absolute Gasteiger partial charge is 0.490 e. The minimum atomic E-state index is -0.602. The van der Waals surface area contributed by atoms with Crippen LogP contribution in [0.15, 0.2) is 66.7 Å². The van der Waals surface area contributed by atoms with E-state index in [4.69, 9.17) is 14.2 Å². The molecule has 1 amide bonds. The van der Waals surface area contributed by atoms with Crippen molar-refractivity contribution in [2.24, 2.45) is 0 Å². The lowest BCUT2D eigenvalue weighted by atomic mass is 10.1. The maximum absolute atomic E-state index is 12.2. The molecule has 3 aromatic rings. The van der Waals surface area contributed by atoms with Crippen molar-refractivity contribution in [3.63, 3.8) is 0 Å². The average Bonchev–Trinajstić information content (AvgIpc) is 3.01. The molecule has 6 heteroatoms. The molecule has 0 aromatic heterocycles. The Bertz CT molecular complexity index is 1100. The summed E-state index contributed by atoms with van der Waals surface area (Å²) in [7, 11) is 0. The van der Waals surface area contributed by atoms with Crippen LogP contribution >= 0.6 is 0 Å². The maximum Gasteiger partial charge on any atom is 0.331 e. The first-order chi connectivity index (χ1) is 14.7. The minimum Gasteiger partial charge on any atom is -0.490 e. The highest BCUT2D eigenvalue weighted by Gasteiger charge is 2.11. The Morgan fingerprint density at radius 3 is 2.67 bits per heavy atom. The van der Waals surface area contributed by atoms with Crippen LogP contribution in [0, 0.1) is 0 Å². The van der Waals surface area contributed by atoms with Crippen molar-refractivity contribution >= 4 is 34.4 Å². The zero-order chi connectivity index (χ0) is 20.8. The van der Waals surface area contributed by atoms with E-state index in [2.05, 4.69) is 5.32 Å². The van der Waals surface area contributed by atoms with Gasteiger partial charge in [0.15, 0.2) is 18.1 Å². The van der Waals surface area contributed by atoms with Gasteiger partial charge in [-0.15, -0.1) is 0 Å². The number of nitrogens with one attached hydrogen (secondary N) is 1. The minimum absolute atomic E-state index is 0.368. The molecule has 0 saturated carbocycles. The van der Waals surface area contributed by atoms with Crippen LogP contribution in [0.3, 0.4) is 0 Å². The van der Waals surface area contributed by atoms with Crippen LogP contribution in [-0.4, -0.2) is 31.7 Å². The molecular weight excluding hydrogens is 382 g/mol. The summed E-state index contributed by atoms with van der Waals surface area (Å²) in [4.78, 5) is 24.2. The van der Waals surface area contributed by atoms with E-state index in [1.165, 1.54) is 6.08 Å². The predicted molar refractivity (Wildman–Crippen MR) is 115 cm³/mol. The summed E-state index contributed by atoms with van der Waals surface area (Å²) >= 11 is 0. The molecule has 152 valence electrons. The van der Waals surface area contributed by atoms with Gasteiger partial charge in [-0.2, -0.15) is 0 Å². The van der Waals surface area contributed by atoms with Gasteiger partial charge in [-0.3, -0.25) is 4.79 Å². The van der Waals surface area contributed by atoms with E-state index in [1.54, 1.807) is 12.1 Å². The summed E-state index contributed by atoms with van der Waals surface area (Å²) in [6, 6.07) is 18.8. The van der Waals surface area contributed by atoms with E-state index >= 15 is 0 Å². The van der Waals surface area contributed by atoms with Crippen LogP contribution in [0.25, 0.3) is 16.8 Å². The molecule has 1 N–H and O–H groups in total. The summed E-state index contributed by atoms with van der Waals surface area (Å²) in [5.41, 5.74) is 1.45. The number of ether oxygens (including phenoxy) is 3. The monoisotopic (exact) mass is 403 g/mol. The quantitative estimate of drug-likeness (QED) is 0.511. The fourth-order valence-corrected chi connectivity index (χ4v) is 3.15. The van der Waals surface area contributed by atoms with E-state index in [0.29, 0.717) is 30.4 Å². The van der Waals surface area contributed by atoms with Gasteiger partial charge in [0.25, 0.3) is 5.91 Å². The number of amides is 1. The van der Waals surface area contributed by atoms with Crippen LogP contribution in [-0.2, 0) is 14.3 Å². The fourth-order valence-electron chi connectivity index (χ4n) is 3.15. The third-order valence-corrected chi connectivity index (χ3v) is 4.59. The summed E-state index contributed by atoms with van der Waals surface area (Å²) in [6.45, 7) is 0.844. The lowest BCUT2D eigenvalue weighted by molar-refractivity contribution is -0.142. The summed E-state index contributed by atoms with van der Waals surface area (Å²) < 4.78 is 16.3. The molecule has 0 bridgehead atoms. The standard InChI is InChI=1S/C24H21NO5/c26-23(25-20-8-3-6-18-5-1-2-7-19(18)20)16-30-24(27)12-10-17-9-11-21-22(15-17)29-14-4-13-28-21/h1-3,5-12,15H,4,13-14,16H2,(H,25,26)/b12-10+. The first-order valence-electron chi connectivity index (χ1n) is 9.71. The fraction of sp³-hybridized carbons (Fsp3) is 0.167. The Labute approximate surface area is 174 Å². The van der Waals surface area contributed by atoms with E-state index in [9.17, 15) is 9.59 Å². The molecule has 0 atom stereocenters. The third-order valence-electron chi connectivity index (χ3n) is 4.59. The number of carbonyl (C=O) groups excluding carboxylic acids is 2. The van der Waals surface area contributed by atoms with Crippen LogP contribution < -0.4 is 14.8 Å². The lowest BCUT2D eigenvalue weighted by Gasteiger charge is -2.09. The zero-order valence-corrected chi connectivity index (χ0v) is 16.3. The second-order valence-electron chi connectivity index (χ2n) is 6.77. The molecule has 1 aliphatic rings. The van der Waals surface area contributed by atoms with Gasteiger partial charge >= 0.3 is 5.97 Å². The highest BCUT2D eigenvalue weighted by atomic mass is 16.5. The van der Waals surface area contributed by atoms with Gasteiger partial charge in [0.1, 0.15) is 0 Å². The Balaban J connectivity index is 1.32. The van der Waals surface area contributed by atoms with Gasteiger partial charge in [0, 0.05) is 23.6 Å². The second-order valence-corrected chi connectivity index (χ2v) is 6.77. The van der Waals surface area contributed by atoms with Gasteiger partial charge in [-0.05, 0) is 35.2 Å². The molecule has 1 heterocycles. The number of benzene rings is 3. The molecule has 0 saturated heterocycles. The van der Waals surface area contributed by atoms with E-state index in [-0.39, 0.29) is 6.61 Å². The molecule has 3 aromatic carbocycles. The molecule has 6 nitrogen and oxygen atoms in total. The predicted octanol–water partition coefficient (Wildman–Crippen LogP) is 4.20. The van der Waals surface area contributed by atoms with Crippen molar-refractivity contribution in [1.29, 1.82) is 0 Å². The Morgan fingerprint density at radius 1 is 0.967 bits per heavy atom. The van der Waals surface area contributed by atoms with Crippen molar-refractivity contribution in [2.75, 3.05) is 25.1 Å². The molecular formula is C24H21NO5. The van der Waals surface area contributed by atoms with Crippen LogP contribution in [0.2, 0.25) is 0 Å². The van der Waals surface area contributed by atoms with Gasteiger partial charge in [0.05, 0.1) is 13.2 Å². The summed E-state index contributed by atoms with van der Waals surface area (Å²) in [5.74, 6) is 0.341. The second kappa shape index (κ2) is 9.13. The lowest BCUT2D eigenvalue weighted by Crippen LogP contribution is -2.20. The first-order valence-corrected chi connectivity index (χ1v) is 9.71. The molecule has 1 aliphatic heterocycles. The molecule has 30 heavy (non-hydrogen) atoms. The molecule has 0 aliphatic carbocycles. The van der Waals surface area contributed by atoms with Gasteiger partial charge in [0.2, 0.25) is 0 Å². The summed E-state index contributed by atoms with van der Waals surface area (Å²) in [5, 5.41) is 4.73. The van der Waals surface area contributed by atoms with E-state index in [0.717, 1.165) is 22.8 Å². The van der Waals surface area contributed by atoms with Gasteiger partial charge in [-0.25, -0.2) is 4.79 Å². The number of carbonyl (C=O) groups is 2. The number of hydrogen-bond donors (Lipinski definition) is 1.